The van der Waals surface area contributed by atoms with E-state index < -0.39 is 0 Å². The van der Waals surface area contributed by atoms with Crippen LogP contribution >= 0.6 is 0 Å². The minimum absolute atomic E-state index is 0.146. The molecule has 5 unspecified atom stereocenters. The largest absolute Gasteiger partial charge is 0.357 e. The van der Waals surface area contributed by atoms with Gasteiger partial charge >= 0.3 is 0 Å². The Morgan fingerprint density at radius 2 is 0.657 bits per heavy atom. The Hall–Kier alpha value is -3.16. The van der Waals surface area contributed by atoms with Crippen molar-refractivity contribution in [3.8, 4) is 0 Å². The fraction of sp³-hybridized carbons (Fsp3) is 0.652. The van der Waals surface area contributed by atoms with Gasteiger partial charge in [-0.3, -0.25) is 0 Å². The van der Waals surface area contributed by atoms with Crippen LogP contribution in [0.1, 0.15) is 272 Å². The zero-order valence-corrected chi connectivity index (χ0v) is 46.1. The van der Waals surface area contributed by atoms with Gasteiger partial charge in [0, 0.05) is 16.7 Å². The summed E-state index contributed by atoms with van der Waals surface area (Å²) >= 11 is 0. The maximum atomic E-state index is 7.91. The second-order valence-electron chi connectivity index (χ2n) is 23.4. The number of fused-ring (bicyclic) bond motifs is 1. The van der Waals surface area contributed by atoms with Crippen molar-refractivity contribution in [2.75, 3.05) is 0 Å². The van der Waals surface area contributed by atoms with Gasteiger partial charge in [-0.25, -0.2) is 0 Å². The smallest absolute Gasteiger partial charge is 0.126 e. The third-order valence-electron chi connectivity index (χ3n) is 18.5. The topological polar surface area (TPSA) is 12.5 Å². The monoisotopic (exact) mass is 947 g/mol. The highest BCUT2D eigenvalue weighted by Crippen LogP contribution is 2.89. The fourth-order valence-corrected chi connectivity index (χ4v) is 14.9. The summed E-state index contributed by atoms with van der Waals surface area (Å²) < 4.78 is 7.91. The maximum Gasteiger partial charge on any atom is 0.126 e. The Bertz CT molecular complexity index is 2070. The summed E-state index contributed by atoms with van der Waals surface area (Å²) in [7, 11) is 0. The predicted octanol–water partition coefficient (Wildman–Crippen LogP) is 20.4. The van der Waals surface area contributed by atoms with Gasteiger partial charge in [0.15, 0.2) is 0 Å². The average molecular weight is 948 g/mol. The first-order valence-electron chi connectivity index (χ1n) is 30.5. The van der Waals surface area contributed by atoms with Crippen molar-refractivity contribution in [1.29, 1.82) is 0 Å². The number of hydrogen-bond donors (Lipinski definition) is 0. The molecule has 0 N–H and O–H groups in total. The SMILES string of the molecule is CCCCCCCCCc1ccccc1C1(C)C(C23CC(C)C2(c2ccccc2CCCCCCCCC)O3)C1(c1ccccc1CCCCCCCCC)c1ccccc1CCCCCCCCC. The van der Waals surface area contributed by atoms with Crippen molar-refractivity contribution in [3.63, 3.8) is 0 Å². The minimum atomic E-state index is -0.243. The highest BCUT2D eigenvalue weighted by atomic mass is 16.6. The first-order valence-corrected chi connectivity index (χ1v) is 30.5. The molecule has 1 nitrogen and oxygen atoms in total. The highest BCUT2D eigenvalue weighted by Gasteiger charge is 2.95. The number of benzene rings is 4. The van der Waals surface area contributed by atoms with E-state index in [1.807, 2.05) is 0 Å². The van der Waals surface area contributed by atoms with Crippen LogP contribution in [0.3, 0.4) is 0 Å². The molecule has 1 aliphatic heterocycles. The van der Waals surface area contributed by atoms with Crippen molar-refractivity contribution in [1.82, 2.24) is 0 Å². The summed E-state index contributed by atoms with van der Waals surface area (Å²) in [6.07, 6.45) is 43.4. The Morgan fingerprint density at radius 1 is 0.371 bits per heavy atom. The minimum Gasteiger partial charge on any atom is -0.357 e. The Morgan fingerprint density at radius 3 is 1.01 bits per heavy atom. The lowest BCUT2D eigenvalue weighted by Crippen LogP contribution is -2.47. The van der Waals surface area contributed by atoms with Gasteiger partial charge in [0.25, 0.3) is 0 Å². The van der Waals surface area contributed by atoms with Gasteiger partial charge < -0.3 is 4.74 Å². The first-order chi connectivity index (χ1) is 34.4. The van der Waals surface area contributed by atoms with E-state index in [4.69, 9.17) is 4.74 Å². The molecule has 3 fully saturated rings. The summed E-state index contributed by atoms with van der Waals surface area (Å²) in [5, 5.41) is 0. The average Bonchev–Trinajstić information content (AvgIpc) is 4.18. The summed E-state index contributed by atoms with van der Waals surface area (Å²) in [5.74, 6) is 0.801. The molecule has 0 spiro atoms. The van der Waals surface area contributed by atoms with Crippen LogP contribution in [-0.2, 0) is 46.9 Å². The second-order valence-corrected chi connectivity index (χ2v) is 23.4. The van der Waals surface area contributed by atoms with Crippen molar-refractivity contribution in [3.05, 3.63) is 142 Å². The van der Waals surface area contributed by atoms with Crippen molar-refractivity contribution < 1.29 is 4.74 Å². The van der Waals surface area contributed by atoms with Gasteiger partial charge in [0.05, 0.1) is 0 Å². The molecule has 0 bridgehead atoms. The van der Waals surface area contributed by atoms with E-state index in [1.165, 1.54) is 192 Å². The highest BCUT2D eigenvalue weighted by molar-refractivity contribution is 5.69. The summed E-state index contributed by atoms with van der Waals surface area (Å²) in [6, 6.07) is 39.4. The van der Waals surface area contributed by atoms with E-state index in [0.717, 1.165) is 25.7 Å². The molecule has 5 atom stereocenters. The molecule has 1 heterocycles. The lowest BCUT2D eigenvalue weighted by atomic mass is 9.58. The fourth-order valence-electron chi connectivity index (χ4n) is 14.9. The van der Waals surface area contributed by atoms with Crippen LogP contribution in [0.15, 0.2) is 97.1 Å². The molecule has 70 heavy (non-hydrogen) atoms. The predicted molar refractivity (Wildman–Crippen MR) is 303 cm³/mol. The molecule has 0 aromatic heterocycles. The summed E-state index contributed by atoms with van der Waals surface area (Å²) in [4.78, 5) is 0. The molecule has 4 aromatic rings. The normalized spacial score (nSPS) is 23.0. The molecule has 2 aliphatic carbocycles. The van der Waals surface area contributed by atoms with E-state index in [1.54, 1.807) is 38.9 Å². The van der Waals surface area contributed by atoms with E-state index in [9.17, 15) is 0 Å². The molecule has 0 radical (unpaired) electrons. The van der Waals surface area contributed by atoms with Crippen LogP contribution in [-0.4, -0.2) is 5.60 Å². The van der Waals surface area contributed by atoms with Crippen LogP contribution in [0.4, 0.5) is 0 Å². The van der Waals surface area contributed by atoms with Crippen molar-refractivity contribution in [2.24, 2.45) is 11.8 Å². The van der Waals surface area contributed by atoms with Crippen LogP contribution in [0, 0.1) is 11.8 Å². The third-order valence-corrected chi connectivity index (χ3v) is 18.5. The zero-order valence-electron chi connectivity index (χ0n) is 46.1. The molecular formula is C69H102O. The number of unbranched alkanes of at least 4 members (excludes halogenated alkanes) is 24. The summed E-state index contributed by atoms with van der Waals surface area (Å²) in [5.41, 5.74) is 11.9. The van der Waals surface area contributed by atoms with Gasteiger partial charge in [-0.2, -0.15) is 0 Å². The molecular weight excluding hydrogens is 845 g/mol. The lowest BCUT2D eigenvalue weighted by molar-refractivity contribution is 0.187. The lowest BCUT2D eigenvalue weighted by Gasteiger charge is -2.39. The van der Waals surface area contributed by atoms with Crippen LogP contribution in [0.25, 0.3) is 0 Å². The van der Waals surface area contributed by atoms with E-state index >= 15 is 0 Å². The van der Waals surface area contributed by atoms with Crippen molar-refractivity contribution >= 4 is 0 Å². The Balaban J connectivity index is 1.33. The van der Waals surface area contributed by atoms with E-state index in [0.29, 0.717) is 11.8 Å². The number of aryl methyl sites for hydroxylation is 4. The van der Waals surface area contributed by atoms with Crippen LogP contribution in [0.5, 0.6) is 0 Å². The zero-order chi connectivity index (χ0) is 49.1. The van der Waals surface area contributed by atoms with Gasteiger partial charge in [0.2, 0.25) is 0 Å². The number of ether oxygens (including phenoxy) is 1. The van der Waals surface area contributed by atoms with E-state index in [-0.39, 0.29) is 22.0 Å². The van der Waals surface area contributed by atoms with Crippen molar-refractivity contribution in [2.45, 2.75) is 275 Å². The molecule has 3 aliphatic rings. The number of rotatable bonds is 37. The first kappa shape index (κ1) is 54.6. The number of epoxide rings is 1. The standard InChI is InChI=1S/C69H102O/c1-7-11-15-19-23-27-31-43-57-47-35-39-51-61(57)66(6)65(67-55-56(5)69(67,70-67)64-54-42-38-50-60(64)46-34-30-26-22-18-14-10-4)68(66,62-52-40-36-48-58(62)44-32-28-24-20-16-12-8-2)63-53-41-37-49-59(63)45-33-29-25-21-17-13-9-3/h35-42,47-54,56,65H,7-34,43-46,55H2,1-6H3. The molecule has 2 saturated carbocycles. The quantitative estimate of drug-likeness (QED) is 0.0324. The number of hydrogen-bond acceptors (Lipinski definition) is 1. The molecule has 1 heteroatoms. The third kappa shape index (κ3) is 11.8. The van der Waals surface area contributed by atoms with E-state index in [2.05, 4.69) is 139 Å². The van der Waals surface area contributed by atoms with Gasteiger partial charge in [0.1, 0.15) is 11.2 Å². The van der Waals surface area contributed by atoms with Gasteiger partial charge in [-0.05, 0) is 108 Å². The summed E-state index contributed by atoms with van der Waals surface area (Å²) in [6.45, 7) is 14.6. The second kappa shape index (κ2) is 27.2. The molecule has 1 saturated heterocycles. The molecule has 4 aromatic carbocycles. The molecule has 7 rings (SSSR count). The maximum absolute atomic E-state index is 7.91. The van der Waals surface area contributed by atoms with Crippen LogP contribution in [0.2, 0.25) is 0 Å². The van der Waals surface area contributed by atoms with Gasteiger partial charge in [-0.1, -0.05) is 293 Å². The Labute approximate surface area is 431 Å². The van der Waals surface area contributed by atoms with Gasteiger partial charge in [-0.15, -0.1) is 0 Å². The molecule has 384 valence electrons. The molecule has 0 amide bonds. The Kier molecular flexibility index (Phi) is 21.2. The van der Waals surface area contributed by atoms with Crippen LogP contribution < -0.4 is 0 Å².